The molecule has 2 aromatic carbocycles. The topological polar surface area (TPSA) is 37.8 Å². The minimum absolute atomic E-state index is 0.439. The standard InChI is InChI=1S/C18H17N3/c1-2-6-15-13(5-1)9-10-16(15)19-11-14-12-20-17-7-3-4-8-18(17)21-14/h1-8,12,16,19H,9-11H2. The molecular formula is C18H17N3. The molecule has 1 aliphatic carbocycles. The Morgan fingerprint density at radius 1 is 1.00 bits per heavy atom. The third kappa shape index (κ3) is 2.41. The Bertz CT molecular complexity index is 782. The highest BCUT2D eigenvalue weighted by molar-refractivity contribution is 5.73. The maximum atomic E-state index is 4.67. The molecule has 3 nitrogen and oxygen atoms in total. The normalized spacial score (nSPS) is 17.0. The molecule has 0 bridgehead atoms. The highest BCUT2D eigenvalue weighted by atomic mass is 14.9. The van der Waals surface area contributed by atoms with Crippen LogP contribution in [0.15, 0.2) is 54.7 Å². The van der Waals surface area contributed by atoms with Gasteiger partial charge >= 0.3 is 0 Å². The Morgan fingerprint density at radius 3 is 2.76 bits per heavy atom. The van der Waals surface area contributed by atoms with Crippen LogP contribution in [0.5, 0.6) is 0 Å². The summed E-state index contributed by atoms with van der Waals surface area (Å²) in [5.41, 5.74) is 5.82. The lowest BCUT2D eigenvalue weighted by Gasteiger charge is -2.13. The van der Waals surface area contributed by atoms with Crippen molar-refractivity contribution in [1.29, 1.82) is 0 Å². The largest absolute Gasteiger partial charge is 0.304 e. The van der Waals surface area contributed by atoms with Gasteiger partial charge in [0.1, 0.15) is 0 Å². The molecule has 0 fully saturated rings. The first-order chi connectivity index (χ1) is 10.4. The quantitative estimate of drug-likeness (QED) is 0.796. The van der Waals surface area contributed by atoms with Crippen molar-refractivity contribution in [2.75, 3.05) is 0 Å². The molecule has 0 saturated carbocycles. The number of aromatic nitrogens is 2. The lowest BCUT2D eigenvalue weighted by molar-refractivity contribution is 0.525. The zero-order valence-electron chi connectivity index (χ0n) is 11.8. The highest BCUT2D eigenvalue weighted by Gasteiger charge is 2.21. The molecule has 3 aromatic rings. The van der Waals surface area contributed by atoms with Gasteiger partial charge in [-0.15, -0.1) is 0 Å². The Labute approximate surface area is 124 Å². The monoisotopic (exact) mass is 275 g/mol. The first-order valence-corrected chi connectivity index (χ1v) is 7.42. The second-order valence-electron chi connectivity index (χ2n) is 5.52. The molecule has 1 aliphatic rings. The Hall–Kier alpha value is -2.26. The number of nitrogens with zero attached hydrogens (tertiary/aromatic N) is 2. The lowest BCUT2D eigenvalue weighted by atomic mass is 10.1. The minimum atomic E-state index is 0.439. The van der Waals surface area contributed by atoms with Crippen LogP contribution in [0.4, 0.5) is 0 Å². The molecule has 0 radical (unpaired) electrons. The van der Waals surface area contributed by atoms with E-state index in [2.05, 4.69) is 39.6 Å². The summed E-state index contributed by atoms with van der Waals surface area (Å²) in [5.74, 6) is 0. The number of para-hydroxylation sites is 2. The summed E-state index contributed by atoms with van der Waals surface area (Å²) in [6.07, 6.45) is 4.20. The van der Waals surface area contributed by atoms with E-state index in [4.69, 9.17) is 0 Å². The third-order valence-electron chi connectivity index (χ3n) is 4.16. The number of nitrogens with one attached hydrogen (secondary N) is 1. The van der Waals surface area contributed by atoms with Crippen LogP contribution in [0.2, 0.25) is 0 Å². The van der Waals surface area contributed by atoms with Gasteiger partial charge in [0.2, 0.25) is 0 Å². The number of aryl methyl sites for hydroxylation is 1. The maximum Gasteiger partial charge on any atom is 0.0890 e. The molecule has 0 aliphatic heterocycles. The van der Waals surface area contributed by atoms with Gasteiger partial charge in [-0.25, -0.2) is 4.98 Å². The molecule has 0 amide bonds. The van der Waals surface area contributed by atoms with Crippen molar-refractivity contribution in [2.45, 2.75) is 25.4 Å². The van der Waals surface area contributed by atoms with Crippen molar-refractivity contribution in [1.82, 2.24) is 15.3 Å². The number of rotatable bonds is 3. The fourth-order valence-electron chi connectivity index (χ4n) is 3.08. The first-order valence-electron chi connectivity index (χ1n) is 7.42. The number of hydrogen-bond acceptors (Lipinski definition) is 3. The second-order valence-corrected chi connectivity index (χ2v) is 5.52. The van der Waals surface area contributed by atoms with Crippen LogP contribution in [-0.2, 0) is 13.0 Å². The van der Waals surface area contributed by atoms with Gasteiger partial charge in [0.25, 0.3) is 0 Å². The zero-order valence-corrected chi connectivity index (χ0v) is 11.8. The van der Waals surface area contributed by atoms with Gasteiger partial charge in [0.15, 0.2) is 0 Å². The average Bonchev–Trinajstić information content (AvgIpc) is 2.96. The number of fused-ring (bicyclic) bond motifs is 2. The van der Waals surface area contributed by atoms with E-state index in [0.717, 1.165) is 29.7 Å². The second kappa shape index (κ2) is 5.26. The van der Waals surface area contributed by atoms with E-state index in [1.807, 2.05) is 30.5 Å². The molecule has 0 spiro atoms. The summed E-state index contributed by atoms with van der Waals surface area (Å²) in [7, 11) is 0. The van der Waals surface area contributed by atoms with Crippen LogP contribution in [-0.4, -0.2) is 9.97 Å². The van der Waals surface area contributed by atoms with Gasteiger partial charge in [0.05, 0.1) is 22.9 Å². The summed E-state index contributed by atoms with van der Waals surface area (Å²) >= 11 is 0. The molecule has 21 heavy (non-hydrogen) atoms. The number of benzene rings is 2. The van der Waals surface area contributed by atoms with Crippen molar-refractivity contribution in [2.24, 2.45) is 0 Å². The summed E-state index contributed by atoms with van der Waals surface area (Å²) < 4.78 is 0. The fourth-order valence-corrected chi connectivity index (χ4v) is 3.08. The van der Waals surface area contributed by atoms with Gasteiger partial charge in [-0.1, -0.05) is 36.4 Å². The van der Waals surface area contributed by atoms with Crippen molar-refractivity contribution in [3.63, 3.8) is 0 Å². The van der Waals surface area contributed by atoms with Gasteiger partial charge in [0, 0.05) is 12.6 Å². The van der Waals surface area contributed by atoms with E-state index in [9.17, 15) is 0 Å². The predicted octanol–water partition coefficient (Wildman–Crippen LogP) is 3.41. The molecule has 3 heteroatoms. The Kier molecular flexibility index (Phi) is 3.13. The third-order valence-corrected chi connectivity index (χ3v) is 4.16. The van der Waals surface area contributed by atoms with Crippen molar-refractivity contribution in [3.8, 4) is 0 Å². The van der Waals surface area contributed by atoms with Crippen molar-refractivity contribution >= 4 is 11.0 Å². The van der Waals surface area contributed by atoms with Crippen LogP contribution < -0.4 is 5.32 Å². The van der Waals surface area contributed by atoms with E-state index in [1.54, 1.807) is 0 Å². The van der Waals surface area contributed by atoms with Gasteiger partial charge in [-0.2, -0.15) is 0 Å². The maximum absolute atomic E-state index is 4.67. The first kappa shape index (κ1) is 12.5. The average molecular weight is 275 g/mol. The molecule has 104 valence electrons. The van der Waals surface area contributed by atoms with Crippen LogP contribution in [0, 0.1) is 0 Å². The highest BCUT2D eigenvalue weighted by Crippen LogP contribution is 2.30. The molecular weight excluding hydrogens is 258 g/mol. The van der Waals surface area contributed by atoms with Crippen LogP contribution in [0.3, 0.4) is 0 Å². The Balaban J connectivity index is 1.51. The van der Waals surface area contributed by atoms with Crippen LogP contribution >= 0.6 is 0 Å². The van der Waals surface area contributed by atoms with Crippen LogP contribution in [0.1, 0.15) is 29.3 Å². The molecule has 1 heterocycles. The summed E-state index contributed by atoms with van der Waals surface area (Å²) in [4.78, 5) is 9.14. The fraction of sp³-hybridized carbons (Fsp3) is 0.222. The SMILES string of the molecule is c1ccc2c(c1)CCC2NCc1cnc2ccccc2n1. The molecule has 1 unspecified atom stereocenters. The van der Waals surface area contributed by atoms with Crippen LogP contribution in [0.25, 0.3) is 11.0 Å². The van der Waals surface area contributed by atoms with Gasteiger partial charge in [-0.05, 0) is 36.1 Å². The minimum Gasteiger partial charge on any atom is -0.304 e. The molecule has 1 aromatic heterocycles. The van der Waals surface area contributed by atoms with Crippen molar-refractivity contribution in [3.05, 3.63) is 71.5 Å². The van der Waals surface area contributed by atoms with Crippen molar-refractivity contribution < 1.29 is 0 Å². The van der Waals surface area contributed by atoms with E-state index >= 15 is 0 Å². The molecule has 1 N–H and O–H groups in total. The summed E-state index contributed by atoms with van der Waals surface area (Å²) in [6.45, 7) is 0.761. The van der Waals surface area contributed by atoms with E-state index in [1.165, 1.54) is 17.5 Å². The van der Waals surface area contributed by atoms with E-state index in [0.29, 0.717) is 6.04 Å². The predicted molar refractivity (Wildman–Crippen MR) is 83.9 cm³/mol. The smallest absolute Gasteiger partial charge is 0.0890 e. The summed E-state index contributed by atoms with van der Waals surface area (Å²) in [5, 5.41) is 3.62. The van der Waals surface area contributed by atoms with Gasteiger partial charge < -0.3 is 5.32 Å². The van der Waals surface area contributed by atoms with E-state index < -0.39 is 0 Å². The van der Waals surface area contributed by atoms with E-state index in [-0.39, 0.29) is 0 Å². The summed E-state index contributed by atoms with van der Waals surface area (Å²) in [6, 6.07) is 17.1. The zero-order chi connectivity index (χ0) is 14.1. The molecule has 1 atom stereocenters. The Morgan fingerprint density at radius 2 is 1.81 bits per heavy atom. The lowest BCUT2D eigenvalue weighted by Crippen LogP contribution is -2.19. The number of hydrogen-bond donors (Lipinski definition) is 1. The molecule has 4 rings (SSSR count). The van der Waals surface area contributed by atoms with Gasteiger partial charge in [-0.3, -0.25) is 4.98 Å². The molecule has 0 saturated heterocycles.